The molecule has 0 saturated carbocycles. The van der Waals surface area contributed by atoms with E-state index in [0.717, 1.165) is 17.4 Å². The molecule has 2 heterocycles. The van der Waals surface area contributed by atoms with E-state index in [1.54, 1.807) is 30.5 Å². The van der Waals surface area contributed by atoms with Crippen LogP contribution >= 0.6 is 0 Å². The number of furan rings is 1. The van der Waals surface area contributed by atoms with E-state index in [4.69, 9.17) is 13.6 Å². The Morgan fingerprint density at radius 1 is 1.28 bits per heavy atom. The molecule has 0 spiro atoms. The lowest BCUT2D eigenvalue weighted by Crippen LogP contribution is -2.31. The number of carbonyl (C=O) groups excluding carboxylic acids is 1. The highest BCUT2D eigenvalue weighted by Crippen LogP contribution is 2.23. The Bertz CT molecular complexity index is 927. The zero-order chi connectivity index (χ0) is 17.8. The van der Waals surface area contributed by atoms with Crippen molar-refractivity contribution in [1.29, 1.82) is 0 Å². The van der Waals surface area contributed by atoms with Crippen molar-refractivity contribution < 1.29 is 18.4 Å². The number of carbonyl (C=O) groups is 1. The maximum absolute atomic E-state index is 12.0. The van der Waals surface area contributed by atoms with Crippen LogP contribution in [0.2, 0.25) is 0 Å². The molecule has 3 aromatic rings. The summed E-state index contributed by atoms with van der Waals surface area (Å²) in [5.41, 5.74) is 0.973. The summed E-state index contributed by atoms with van der Waals surface area (Å²) in [5, 5.41) is 3.65. The van der Waals surface area contributed by atoms with E-state index in [-0.39, 0.29) is 18.6 Å². The lowest BCUT2D eigenvalue weighted by Gasteiger charge is -2.12. The molecule has 1 amide bonds. The van der Waals surface area contributed by atoms with Crippen molar-refractivity contribution in [2.45, 2.75) is 26.3 Å². The summed E-state index contributed by atoms with van der Waals surface area (Å²) in [6.45, 7) is 3.66. The molecule has 25 heavy (non-hydrogen) atoms. The smallest absolute Gasteiger partial charge is 0.336 e. The number of aryl methyl sites for hydroxylation is 1. The van der Waals surface area contributed by atoms with E-state index >= 15 is 0 Å². The first-order valence-corrected chi connectivity index (χ1v) is 8.09. The molecule has 1 aromatic carbocycles. The third-order valence-corrected chi connectivity index (χ3v) is 3.90. The van der Waals surface area contributed by atoms with Gasteiger partial charge in [-0.05, 0) is 43.2 Å². The molecule has 0 aliphatic heterocycles. The molecule has 1 atom stereocenters. The standard InChI is InChI=1S/C19H19NO5/c1-3-13-9-19(22)25-17-10-14(6-7-15(13)17)24-11-18(21)20-12(2)16-5-4-8-23-16/h4-10,12H,3,11H2,1-2H3,(H,20,21). The van der Waals surface area contributed by atoms with Crippen molar-refractivity contribution in [1.82, 2.24) is 5.32 Å². The highest BCUT2D eigenvalue weighted by atomic mass is 16.5. The maximum Gasteiger partial charge on any atom is 0.336 e. The summed E-state index contributed by atoms with van der Waals surface area (Å²) in [6, 6.07) is 10.0. The number of amides is 1. The van der Waals surface area contributed by atoms with Crippen molar-refractivity contribution in [2.24, 2.45) is 0 Å². The summed E-state index contributed by atoms with van der Waals surface area (Å²) in [5.74, 6) is 0.866. The summed E-state index contributed by atoms with van der Waals surface area (Å²) < 4.78 is 16.0. The van der Waals surface area contributed by atoms with E-state index in [1.807, 2.05) is 19.9 Å². The minimum Gasteiger partial charge on any atom is -0.484 e. The fourth-order valence-corrected chi connectivity index (χ4v) is 2.63. The van der Waals surface area contributed by atoms with Crippen LogP contribution in [0.25, 0.3) is 11.0 Å². The number of hydrogen-bond acceptors (Lipinski definition) is 5. The van der Waals surface area contributed by atoms with Gasteiger partial charge in [-0.15, -0.1) is 0 Å². The molecule has 1 N–H and O–H groups in total. The van der Waals surface area contributed by atoms with Gasteiger partial charge >= 0.3 is 5.63 Å². The summed E-state index contributed by atoms with van der Waals surface area (Å²) in [7, 11) is 0. The van der Waals surface area contributed by atoms with Crippen molar-refractivity contribution in [3.63, 3.8) is 0 Å². The SMILES string of the molecule is CCc1cc(=O)oc2cc(OCC(=O)NC(C)c3ccco3)ccc12. The van der Waals surface area contributed by atoms with Gasteiger partial charge in [-0.3, -0.25) is 4.79 Å². The van der Waals surface area contributed by atoms with Gasteiger partial charge in [0.1, 0.15) is 17.1 Å². The Kier molecular flexibility index (Phi) is 4.88. The van der Waals surface area contributed by atoms with Gasteiger partial charge in [-0.2, -0.15) is 0 Å². The first-order valence-electron chi connectivity index (χ1n) is 8.09. The number of fused-ring (bicyclic) bond motifs is 1. The third-order valence-electron chi connectivity index (χ3n) is 3.90. The largest absolute Gasteiger partial charge is 0.484 e. The molecule has 3 rings (SSSR count). The Hall–Kier alpha value is -3.02. The van der Waals surface area contributed by atoms with Gasteiger partial charge in [-0.1, -0.05) is 6.92 Å². The van der Waals surface area contributed by atoms with Crippen LogP contribution in [0.3, 0.4) is 0 Å². The molecule has 0 radical (unpaired) electrons. The second kappa shape index (κ2) is 7.25. The summed E-state index contributed by atoms with van der Waals surface area (Å²) >= 11 is 0. The number of hydrogen-bond donors (Lipinski definition) is 1. The summed E-state index contributed by atoms with van der Waals surface area (Å²) in [6.07, 6.45) is 2.29. The highest BCUT2D eigenvalue weighted by molar-refractivity contribution is 5.82. The van der Waals surface area contributed by atoms with Gasteiger partial charge in [0.15, 0.2) is 6.61 Å². The van der Waals surface area contributed by atoms with Gasteiger partial charge in [0.2, 0.25) is 0 Å². The van der Waals surface area contributed by atoms with Crippen LogP contribution < -0.4 is 15.7 Å². The van der Waals surface area contributed by atoms with Crippen LogP contribution in [0.15, 0.2) is 56.3 Å². The van der Waals surface area contributed by atoms with Crippen molar-refractivity contribution >= 4 is 16.9 Å². The molecule has 0 aliphatic carbocycles. The minimum atomic E-state index is -0.397. The zero-order valence-electron chi connectivity index (χ0n) is 14.1. The van der Waals surface area contributed by atoms with Crippen LogP contribution in [-0.4, -0.2) is 12.5 Å². The zero-order valence-corrected chi connectivity index (χ0v) is 14.1. The maximum atomic E-state index is 12.0. The minimum absolute atomic E-state index is 0.145. The average Bonchev–Trinajstić information content (AvgIpc) is 3.13. The molecule has 0 saturated heterocycles. The normalized spacial score (nSPS) is 12.1. The lowest BCUT2D eigenvalue weighted by molar-refractivity contribution is -0.123. The number of nitrogens with one attached hydrogen (secondary N) is 1. The monoisotopic (exact) mass is 341 g/mol. The Morgan fingerprint density at radius 3 is 2.84 bits per heavy atom. The topological polar surface area (TPSA) is 81.7 Å². The predicted octanol–water partition coefficient (Wildman–Crippen LogP) is 3.20. The lowest BCUT2D eigenvalue weighted by atomic mass is 10.1. The van der Waals surface area contributed by atoms with Gasteiger partial charge in [0.05, 0.1) is 12.3 Å². The number of rotatable bonds is 6. The molecular formula is C19H19NO5. The fourth-order valence-electron chi connectivity index (χ4n) is 2.63. The molecule has 0 aliphatic rings. The molecule has 130 valence electrons. The van der Waals surface area contributed by atoms with Crippen LogP contribution in [0.5, 0.6) is 5.75 Å². The van der Waals surface area contributed by atoms with Crippen molar-refractivity contribution in [3.05, 3.63) is 64.4 Å². The van der Waals surface area contributed by atoms with Gasteiger partial charge < -0.3 is 18.9 Å². The second-order valence-corrected chi connectivity index (χ2v) is 5.70. The van der Waals surface area contributed by atoms with Crippen molar-refractivity contribution in [3.8, 4) is 5.75 Å². The fraction of sp³-hybridized carbons (Fsp3) is 0.263. The highest BCUT2D eigenvalue weighted by Gasteiger charge is 2.12. The van der Waals surface area contributed by atoms with E-state index < -0.39 is 5.63 Å². The Labute approximate surface area is 144 Å². The molecular weight excluding hydrogens is 322 g/mol. The van der Waals surface area contributed by atoms with E-state index in [0.29, 0.717) is 17.1 Å². The van der Waals surface area contributed by atoms with E-state index in [1.165, 1.54) is 6.07 Å². The Morgan fingerprint density at radius 2 is 2.12 bits per heavy atom. The predicted molar refractivity (Wildman–Crippen MR) is 92.6 cm³/mol. The number of ether oxygens (including phenoxy) is 1. The van der Waals surface area contributed by atoms with Crippen LogP contribution in [-0.2, 0) is 11.2 Å². The first-order chi connectivity index (χ1) is 12.1. The van der Waals surface area contributed by atoms with Crippen LogP contribution in [0.1, 0.15) is 31.2 Å². The van der Waals surface area contributed by atoms with Crippen molar-refractivity contribution in [2.75, 3.05) is 6.61 Å². The first kappa shape index (κ1) is 16.8. The molecule has 2 aromatic heterocycles. The molecule has 0 fully saturated rings. The third kappa shape index (κ3) is 3.91. The van der Waals surface area contributed by atoms with Crippen LogP contribution in [0.4, 0.5) is 0 Å². The van der Waals surface area contributed by atoms with Crippen LogP contribution in [0, 0.1) is 0 Å². The molecule has 0 bridgehead atoms. The van der Waals surface area contributed by atoms with Gasteiger partial charge in [0.25, 0.3) is 5.91 Å². The van der Waals surface area contributed by atoms with Gasteiger partial charge in [-0.25, -0.2) is 4.79 Å². The molecule has 6 heteroatoms. The summed E-state index contributed by atoms with van der Waals surface area (Å²) in [4.78, 5) is 23.6. The molecule has 6 nitrogen and oxygen atoms in total. The second-order valence-electron chi connectivity index (χ2n) is 5.70. The number of benzene rings is 1. The van der Waals surface area contributed by atoms with Gasteiger partial charge in [0, 0.05) is 17.5 Å². The quantitative estimate of drug-likeness (QED) is 0.696. The molecule has 1 unspecified atom stereocenters. The van der Waals surface area contributed by atoms with E-state index in [2.05, 4.69) is 5.32 Å². The average molecular weight is 341 g/mol. The van der Waals surface area contributed by atoms with E-state index in [9.17, 15) is 9.59 Å². The Balaban J connectivity index is 1.67.